The van der Waals surface area contributed by atoms with E-state index in [1.807, 2.05) is 49.6 Å². The van der Waals surface area contributed by atoms with Crippen LogP contribution in [0.5, 0.6) is 0 Å². The number of imidazole rings is 1. The summed E-state index contributed by atoms with van der Waals surface area (Å²) in [5.41, 5.74) is 6.67. The Morgan fingerprint density at radius 1 is 1.47 bits per heavy atom. The number of primary amides is 1. The van der Waals surface area contributed by atoms with Gasteiger partial charge in [0.1, 0.15) is 5.54 Å². The molecule has 0 aliphatic rings. The predicted molar refractivity (Wildman–Crippen MR) is 75.6 cm³/mol. The molecule has 19 heavy (non-hydrogen) atoms. The van der Waals surface area contributed by atoms with E-state index in [4.69, 9.17) is 5.73 Å². The summed E-state index contributed by atoms with van der Waals surface area (Å²) < 4.78 is 1.95. The summed E-state index contributed by atoms with van der Waals surface area (Å²) in [4.78, 5) is 16.1. The number of nitrogens with one attached hydrogen (secondary N) is 1. The first-order valence-corrected chi connectivity index (χ1v) is 6.40. The van der Waals surface area contributed by atoms with Crippen LogP contribution in [0, 0.1) is 0 Å². The lowest BCUT2D eigenvalue weighted by molar-refractivity contribution is -0.124. The first-order valence-electron chi connectivity index (χ1n) is 6.40. The summed E-state index contributed by atoms with van der Waals surface area (Å²) in [5, 5.41) is 3.24. The normalized spacial score (nSPS) is 14.7. The molecule has 0 radical (unpaired) electrons. The van der Waals surface area contributed by atoms with Crippen molar-refractivity contribution in [2.75, 3.05) is 0 Å². The van der Waals surface area contributed by atoms with E-state index in [0.717, 1.165) is 11.0 Å². The highest BCUT2D eigenvalue weighted by atomic mass is 16.1. The van der Waals surface area contributed by atoms with Gasteiger partial charge in [-0.2, -0.15) is 0 Å². The van der Waals surface area contributed by atoms with Crippen LogP contribution in [0.2, 0.25) is 0 Å². The zero-order valence-corrected chi connectivity index (χ0v) is 11.6. The molecular weight excluding hydrogens is 240 g/mol. The molecule has 3 N–H and O–H groups in total. The van der Waals surface area contributed by atoms with Crippen molar-refractivity contribution in [3.8, 4) is 0 Å². The highest BCUT2D eigenvalue weighted by Crippen LogP contribution is 2.16. The fourth-order valence-electron chi connectivity index (χ4n) is 2.31. The van der Waals surface area contributed by atoms with E-state index in [9.17, 15) is 4.79 Å². The number of nitrogens with two attached hydrogens (primary N) is 1. The summed E-state index contributed by atoms with van der Waals surface area (Å²) in [5.74, 6) is -0.362. The largest absolute Gasteiger partial charge is 0.368 e. The molecular formula is C14H20N4O. The van der Waals surface area contributed by atoms with E-state index in [1.165, 1.54) is 0 Å². The third kappa shape index (κ3) is 2.76. The molecule has 0 aliphatic carbocycles. The zero-order chi connectivity index (χ0) is 14.0. The van der Waals surface area contributed by atoms with Crippen molar-refractivity contribution in [3.63, 3.8) is 0 Å². The van der Waals surface area contributed by atoms with Crippen molar-refractivity contribution in [2.45, 2.75) is 38.9 Å². The van der Waals surface area contributed by atoms with Crippen LogP contribution in [0.4, 0.5) is 0 Å². The number of para-hydroxylation sites is 2. The minimum Gasteiger partial charge on any atom is -0.368 e. The maximum atomic E-state index is 11.7. The molecule has 1 aromatic heterocycles. The Hall–Kier alpha value is -1.88. The molecule has 2 aromatic rings. The van der Waals surface area contributed by atoms with Gasteiger partial charge in [-0.3, -0.25) is 10.1 Å². The zero-order valence-electron chi connectivity index (χ0n) is 11.6. The second kappa shape index (κ2) is 5.01. The van der Waals surface area contributed by atoms with Gasteiger partial charge in [0, 0.05) is 6.04 Å². The van der Waals surface area contributed by atoms with Crippen LogP contribution in [0.3, 0.4) is 0 Å². The molecule has 0 saturated heterocycles. The molecule has 0 bridgehead atoms. The molecule has 5 heteroatoms. The van der Waals surface area contributed by atoms with Crippen LogP contribution in [-0.2, 0) is 11.3 Å². The quantitative estimate of drug-likeness (QED) is 0.850. The smallest absolute Gasteiger partial charge is 0.239 e. The van der Waals surface area contributed by atoms with Gasteiger partial charge in [0.2, 0.25) is 5.91 Å². The lowest BCUT2D eigenvalue weighted by Gasteiger charge is -2.30. The minimum absolute atomic E-state index is 0.173. The molecule has 1 amide bonds. The molecule has 1 heterocycles. The van der Waals surface area contributed by atoms with Gasteiger partial charge in [-0.15, -0.1) is 0 Å². The van der Waals surface area contributed by atoms with Crippen LogP contribution >= 0.6 is 0 Å². The van der Waals surface area contributed by atoms with Gasteiger partial charge >= 0.3 is 0 Å². The Balaban J connectivity index is 2.34. The second-order valence-electron chi connectivity index (χ2n) is 5.36. The number of carbonyl (C=O) groups excluding carboxylic acids is 1. The van der Waals surface area contributed by atoms with Crippen molar-refractivity contribution >= 4 is 16.9 Å². The fraction of sp³-hybridized carbons (Fsp3) is 0.429. The van der Waals surface area contributed by atoms with E-state index >= 15 is 0 Å². The van der Waals surface area contributed by atoms with Crippen LogP contribution in [0.25, 0.3) is 11.0 Å². The monoisotopic (exact) mass is 260 g/mol. The summed E-state index contributed by atoms with van der Waals surface area (Å²) in [6, 6.07) is 8.01. The average Bonchev–Trinajstić information content (AvgIpc) is 2.71. The molecule has 0 aliphatic heterocycles. The van der Waals surface area contributed by atoms with Crippen LogP contribution in [0.15, 0.2) is 30.6 Å². The molecule has 1 unspecified atom stereocenters. The molecule has 1 atom stereocenters. The summed E-state index contributed by atoms with van der Waals surface area (Å²) in [6.45, 7) is 6.27. The van der Waals surface area contributed by atoms with Crippen LogP contribution < -0.4 is 11.1 Å². The standard InChI is InChI=1S/C14H20N4O/c1-10(2)17-14(3,13(15)19)8-18-9-16-11-6-4-5-7-12(11)18/h4-7,9-10,17H,8H2,1-3H3,(H2,15,19). The Morgan fingerprint density at radius 2 is 2.16 bits per heavy atom. The molecule has 1 aromatic carbocycles. The average molecular weight is 260 g/mol. The first kappa shape index (κ1) is 13.5. The Morgan fingerprint density at radius 3 is 2.79 bits per heavy atom. The first-order chi connectivity index (χ1) is 8.92. The van der Waals surface area contributed by atoms with E-state index in [-0.39, 0.29) is 11.9 Å². The number of carbonyl (C=O) groups is 1. The number of hydrogen-bond donors (Lipinski definition) is 2. The highest BCUT2D eigenvalue weighted by molar-refractivity contribution is 5.84. The van der Waals surface area contributed by atoms with Crippen LogP contribution in [-0.4, -0.2) is 27.0 Å². The minimum atomic E-state index is -0.794. The van der Waals surface area contributed by atoms with Gasteiger partial charge in [0.25, 0.3) is 0 Å². The van der Waals surface area contributed by atoms with Crippen molar-refractivity contribution in [1.82, 2.24) is 14.9 Å². The van der Waals surface area contributed by atoms with Crippen molar-refractivity contribution in [3.05, 3.63) is 30.6 Å². The number of benzene rings is 1. The number of amides is 1. The summed E-state index contributed by atoms with van der Waals surface area (Å²) in [7, 11) is 0. The van der Waals surface area contributed by atoms with Crippen molar-refractivity contribution < 1.29 is 4.79 Å². The van der Waals surface area contributed by atoms with E-state index in [2.05, 4.69) is 10.3 Å². The maximum absolute atomic E-state index is 11.7. The Labute approximate surface area is 112 Å². The number of hydrogen-bond acceptors (Lipinski definition) is 3. The third-order valence-corrected chi connectivity index (χ3v) is 3.17. The fourth-order valence-corrected chi connectivity index (χ4v) is 2.31. The molecule has 0 spiro atoms. The molecule has 0 fully saturated rings. The lowest BCUT2D eigenvalue weighted by atomic mass is 10.00. The SMILES string of the molecule is CC(C)NC(C)(Cn1cnc2ccccc21)C(N)=O. The topological polar surface area (TPSA) is 72.9 Å². The van der Waals surface area contributed by atoms with Gasteiger partial charge in [-0.05, 0) is 32.9 Å². The number of aromatic nitrogens is 2. The van der Waals surface area contributed by atoms with E-state index < -0.39 is 5.54 Å². The summed E-state index contributed by atoms with van der Waals surface area (Å²) >= 11 is 0. The van der Waals surface area contributed by atoms with Gasteiger partial charge in [-0.1, -0.05) is 12.1 Å². The Kier molecular flexibility index (Phi) is 3.57. The second-order valence-corrected chi connectivity index (χ2v) is 5.36. The van der Waals surface area contributed by atoms with Gasteiger partial charge < -0.3 is 10.3 Å². The molecule has 5 nitrogen and oxygen atoms in total. The van der Waals surface area contributed by atoms with Crippen molar-refractivity contribution in [2.24, 2.45) is 5.73 Å². The van der Waals surface area contributed by atoms with Crippen molar-refractivity contribution in [1.29, 1.82) is 0 Å². The molecule has 2 rings (SSSR count). The van der Waals surface area contributed by atoms with Gasteiger partial charge in [0.15, 0.2) is 0 Å². The lowest BCUT2D eigenvalue weighted by Crippen LogP contribution is -2.57. The highest BCUT2D eigenvalue weighted by Gasteiger charge is 2.32. The molecule has 102 valence electrons. The van der Waals surface area contributed by atoms with E-state index in [0.29, 0.717) is 6.54 Å². The van der Waals surface area contributed by atoms with Crippen LogP contribution in [0.1, 0.15) is 20.8 Å². The van der Waals surface area contributed by atoms with Gasteiger partial charge in [-0.25, -0.2) is 4.98 Å². The maximum Gasteiger partial charge on any atom is 0.239 e. The number of rotatable bonds is 5. The third-order valence-electron chi connectivity index (χ3n) is 3.17. The number of fused-ring (bicyclic) bond motifs is 1. The predicted octanol–water partition coefficient (Wildman–Crippen LogP) is 1.28. The molecule has 0 saturated carbocycles. The Bertz CT molecular complexity index is 590. The summed E-state index contributed by atoms with van der Waals surface area (Å²) in [6.07, 6.45) is 1.74. The number of nitrogens with zero attached hydrogens (tertiary/aromatic N) is 2. The van der Waals surface area contributed by atoms with Gasteiger partial charge in [0.05, 0.1) is 23.9 Å². The van der Waals surface area contributed by atoms with E-state index in [1.54, 1.807) is 6.33 Å².